The second-order valence-corrected chi connectivity index (χ2v) is 20.8. The van der Waals surface area contributed by atoms with Crippen LogP contribution in [0.1, 0.15) is 181 Å². The summed E-state index contributed by atoms with van der Waals surface area (Å²) in [6.07, 6.45) is 32.5. The van der Waals surface area contributed by atoms with Crippen molar-refractivity contribution < 1.29 is 13.7 Å². The Labute approximate surface area is 305 Å². The predicted molar refractivity (Wildman–Crippen MR) is 221 cm³/mol. The molecule has 0 bridgehead atoms. The Morgan fingerprint density at radius 1 is 0.388 bits per heavy atom. The summed E-state index contributed by atoms with van der Waals surface area (Å²) in [5, 5.41) is 0. The monoisotopic (exact) mass is 697 g/mol. The first-order valence-corrected chi connectivity index (χ1v) is 24.1. The summed E-state index contributed by atoms with van der Waals surface area (Å²) < 4.78 is 21.2. The van der Waals surface area contributed by atoms with Crippen molar-refractivity contribution in [2.75, 3.05) is 24.6 Å². The van der Waals surface area contributed by atoms with Gasteiger partial charge in [-0.1, -0.05) is 39.5 Å². The second kappa shape index (κ2) is 26.3. The molecule has 0 spiro atoms. The van der Waals surface area contributed by atoms with E-state index in [1.54, 1.807) is 0 Å². The Balaban J connectivity index is 2.32. The van der Waals surface area contributed by atoms with E-state index in [2.05, 4.69) is 90.1 Å². The molecule has 280 valence electrons. The molecular formula is C44H78BO3P. The van der Waals surface area contributed by atoms with E-state index < -0.39 is 14.2 Å². The van der Waals surface area contributed by atoms with E-state index in [0.29, 0.717) is 0 Å². The molecular weight excluding hydrogens is 618 g/mol. The van der Waals surface area contributed by atoms with Crippen LogP contribution < -0.4 is 9.31 Å². The van der Waals surface area contributed by atoms with Crippen LogP contribution in [-0.4, -0.2) is 32.0 Å². The van der Waals surface area contributed by atoms with E-state index in [9.17, 15) is 0 Å². The van der Waals surface area contributed by atoms with Crippen molar-refractivity contribution in [3.8, 4) is 11.5 Å². The van der Waals surface area contributed by atoms with Crippen LogP contribution >= 0.6 is 6.83 Å². The SMILES string of the molecule is CCCCCCCCc1ccc(OB(Oc2ccc(CCCCCCCC)cc2)OP(CCCC)(CCCC)(CCCC)CCCC)cc1. The number of benzene rings is 2. The molecule has 0 N–H and O–H groups in total. The number of rotatable bonds is 32. The van der Waals surface area contributed by atoms with Crippen LogP contribution in [0.2, 0.25) is 0 Å². The van der Waals surface area contributed by atoms with Gasteiger partial charge in [0.05, 0.1) is 0 Å². The van der Waals surface area contributed by atoms with Crippen LogP contribution in [0, 0.1) is 0 Å². The van der Waals surface area contributed by atoms with Gasteiger partial charge in [-0.2, -0.15) is 0 Å². The fraction of sp³-hybridized carbons (Fsp3) is 0.727. The molecule has 0 atom stereocenters. The van der Waals surface area contributed by atoms with Gasteiger partial charge >= 0.3 is 267 Å². The van der Waals surface area contributed by atoms with Crippen molar-refractivity contribution in [1.29, 1.82) is 0 Å². The van der Waals surface area contributed by atoms with E-state index in [1.165, 1.54) is 164 Å². The van der Waals surface area contributed by atoms with E-state index in [-0.39, 0.29) is 0 Å². The molecule has 5 heteroatoms. The molecule has 3 nitrogen and oxygen atoms in total. The van der Waals surface area contributed by atoms with Gasteiger partial charge < -0.3 is 0 Å². The van der Waals surface area contributed by atoms with Gasteiger partial charge in [0.1, 0.15) is 0 Å². The Hall–Kier alpha value is -1.51. The molecule has 0 aliphatic carbocycles. The molecule has 0 aliphatic heterocycles. The summed E-state index contributed by atoms with van der Waals surface area (Å²) >= 11 is 0. The zero-order chi connectivity index (χ0) is 35.5. The first-order chi connectivity index (χ1) is 23.9. The molecule has 0 amide bonds. The third kappa shape index (κ3) is 17.5. The number of unbranched alkanes of at least 4 members (excludes halogenated alkanes) is 14. The topological polar surface area (TPSA) is 27.7 Å². The van der Waals surface area contributed by atoms with Crippen LogP contribution in [-0.2, 0) is 17.3 Å². The first kappa shape index (κ1) is 43.7. The average molecular weight is 697 g/mol. The molecule has 2 rings (SSSR count). The van der Waals surface area contributed by atoms with E-state index in [1.807, 2.05) is 0 Å². The minimum absolute atomic E-state index is 0.756. The van der Waals surface area contributed by atoms with Crippen molar-refractivity contribution in [3.63, 3.8) is 0 Å². The van der Waals surface area contributed by atoms with Crippen molar-refractivity contribution in [1.82, 2.24) is 0 Å². The zero-order valence-electron chi connectivity index (χ0n) is 33.3. The van der Waals surface area contributed by atoms with Gasteiger partial charge in [0.2, 0.25) is 0 Å². The van der Waals surface area contributed by atoms with Gasteiger partial charge in [0, 0.05) is 0 Å². The Morgan fingerprint density at radius 2 is 0.694 bits per heavy atom. The molecule has 2 aromatic rings. The maximum absolute atomic E-state index is 7.61. The van der Waals surface area contributed by atoms with Gasteiger partial charge in [-0.15, -0.1) is 0 Å². The molecule has 2 aromatic carbocycles. The minimum atomic E-state index is -2.65. The van der Waals surface area contributed by atoms with Crippen molar-refractivity contribution in [2.24, 2.45) is 0 Å². The summed E-state index contributed by atoms with van der Waals surface area (Å²) in [4.78, 5) is 0. The third-order valence-corrected chi connectivity index (χ3v) is 17.2. The summed E-state index contributed by atoms with van der Waals surface area (Å²) in [5.74, 6) is 1.68. The van der Waals surface area contributed by atoms with Crippen LogP contribution in [0.15, 0.2) is 48.5 Å². The Kier molecular flexibility index (Phi) is 23.4. The summed E-state index contributed by atoms with van der Waals surface area (Å²) in [7, 11) is -0.756. The Morgan fingerprint density at radius 3 is 1.02 bits per heavy atom. The van der Waals surface area contributed by atoms with Crippen LogP contribution in [0.25, 0.3) is 0 Å². The average Bonchev–Trinajstić information content (AvgIpc) is 3.12. The fourth-order valence-corrected chi connectivity index (χ4v) is 14.1. The quantitative estimate of drug-likeness (QED) is 0.0433. The molecule has 49 heavy (non-hydrogen) atoms. The number of hydrogen-bond acceptors (Lipinski definition) is 3. The standard InChI is InChI=1S/C44H78BO3P/c1-7-13-19-21-23-25-27-41-29-33-43(34-30-41)46-45(47-44-35-31-42(32-36-44)28-26-24-22-20-14-8-2)48-49(37-15-9-3,38-16-10-4,39-17-11-5)40-18-12-6/h29-36H,7-28,37-40H2,1-6H3. The van der Waals surface area contributed by atoms with Gasteiger partial charge in [-0.05, 0) is 0 Å². The van der Waals surface area contributed by atoms with Gasteiger partial charge in [-0.3, -0.25) is 0 Å². The van der Waals surface area contributed by atoms with Crippen LogP contribution in [0.5, 0.6) is 11.5 Å². The number of hydrogen-bond donors (Lipinski definition) is 0. The zero-order valence-corrected chi connectivity index (χ0v) is 34.1. The third-order valence-electron chi connectivity index (χ3n) is 10.6. The Bertz CT molecular complexity index is 952. The normalized spacial score (nSPS) is 12.5. The van der Waals surface area contributed by atoms with Crippen molar-refractivity contribution in [3.05, 3.63) is 59.7 Å². The number of aryl methyl sites for hydroxylation is 2. The fourth-order valence-electron chi connectivity index (χ4n) is 7.33. The maximum atomic E-state index is 7.61. The molecule has 0 unspecified atom stereocenters. The molecule has 0 aromatic heterocycles. The van der Waals surface area contributed by atoms with Crippen molar-refractivity contribution >= 4 is 14.2 Å². The predicted octanol–water partition coefficient (Wildman–Crippen LogP) is 14.6. The molecule has 0 radical (unpaired) electrons. The molecule has 0 aliphatic rings. The molecule has 0 saturated carbocycles. The van der Waals surface area contributed by atoms with Gasteiger partial charge in [0.15, 0.2) is 0 Å². The van der Waals surface area contributed by atoms with Crippen LogP contribution in [0.4, 0.5) is 0 Å². The second-order valence-electron chi connectivity index (χ2n) is 15.1. The first-order valence-electron chi connectivity index (χ1n) is 21.2. The van der Waals surface area contributed by atoms with Crippen LogP contribution in [0.3, 0.4) is 0 Å². The van der Waals surface area contributed by atoms with Gasteiger partial charge in [-0.25, -0.2) is 0 Å². The molecule has 0 saturated heterocycles. The van der Waals surface area contributed by atoms with Crippen molar-refractivity contribution in [2.45, 2.75) is 183 Å². The van der Waals surface area contributed by atoms with Gasteiger partial charge in [0.25, 0.3) is 0 Å². The van der Waals surface area contributed by atoms with E-state index >= 15 is 0 Å². The summed E-state index contributed by atoms with van der Waals surface area (Å²) in [6.45, 7) is 11.2. The molecule has 0 heterocycles. The summed E-state index contributed by atoms with van der Waals surface area (Å²) in [6, 6.07) is 17.5. The molecule has 0 fully saturated rings. The van der Waals surface area contributed by atoms with E-state index in [4.69, 9.17) is 13.7 Å². The van der Waals surface area contributed by atoms with E-state index in [0.717, 1.165) is 24.3 Å². The summed E-state index contributed by atoms with van der Waals surface area (Å²) in [5.41, 5.74) is 2.78.